The standard InChI is InChI=1S/C68H48N6O/c1-44-37-67(69-42-56(44)68-64(72-57-26-11-6-21-50(57)51-22-7-12-27-58(51)72)33-18-34-65(68)73-59-28-13-8-23-52(59)53-24-9-14-29-60(53)73)74-61-30-15-10-25-54(61)55-36-35-48(41-66(55)74)75-49-39-46(45-19-4-3-5-20-45)38-47(40-49)71-43-70(2)62-31-16-17-32-63(62)71/h3-42H,43H2,1-2H3. The molecule has 0 N–H and O–H groups in total. The zero-order valence-electron chi connectivity index (χ0n) is 41.4. The molecule has 0 atom stereocenters. The molecule has 356 valence electrons. The van der Waals surface area contributed by atoms with Gasteiger partial charge in [0.15, 0.2) is 0 Å². The van der Waals surface area contributed by atoms with Gasteiger partial charge < -0.3 is 23.7 Å². The van der Waals surface area contributed by atoms with Crippen molar-refractivity contribution in [3.05, 3.63) is 248 Å². The highest BCUT2D eigenvalue weighted by Crippen LogP contribution is 2.46. The summed E-state index contributed by atoms with van der Waals surface area (Å²) in [5, 5.41) is 7.15. The maximum atomic E-state index is 6.99. The number of ether oxygens (including phenoxy) is 1. The summed E-state index contributed by atoms with van der Waals surface area (Å²) in [5.74, 6) is 2.34. The van der Waals surface area contributed by atoms with Crippen molar-refractivity contribution in [2.75, 3.05) is 23.5 Å². The van der Waals surface area contributed by atoms with Gasteiger partial charge in [-0.25, -0.2) is 4.98 Å². The second-order valence-corrected chi connectivity index (χ2v) is 19.7. The summed E-state index contributed by atoms with van der Waals surface area (Å²) in [4.78, 5) is 10.1. The first-order valence-corrected chi connectivity index (χ1v) is 25.6. The third-order valence-electron chi connectivity index (χ3n) is 15.4. The predicted octanol–water partition coefficient (Wildman–Crippen LogP) is 17.4. The molecule has 7 nitrogen and oxygen atoms in total. The van der Waals surface area contributed by atoms with Crippen molar-refractivity contribution >= 4 is 82.5 Å². The second kappa shape index (κ2) is 16.9. The quantitative estimate of drug-likeness (QED) is 0.152. The van der Waals surface area contributed by atoms with Gasteiger partial charge in [0.05, 0.1) is 62.5 Å². The molecule has 4 aromatic heterocycles. The fourth-order valence-corrected chi connectivity index (χ4v) is 12.1. The maximum absolute atomic E-state index is 6.99. The lowest BCUT2D eigenvalue weighted by molar-refractivity contribution is 0.483. The van der Waals surface area contributed by atoms with Crippen LogP contribution in [0.4, 0.5) is 17.1 Å². The van der Waals surface area contributed by atoms with E-state index >= 15 is 0 Å². The number of benzene rings is 10. The fraction of sp³-hybridized carbons (Fsp3) is 0.0441. The van der Waals surface area contributed by atoms with Crippen LogP contribution in [0.5, 0.6) is 11.5 Å². The zero-order valence-corrected chi connectivity index (χ0v) is 41.4. The van der Waals surface area contributed by atoms with Crippen LogP contribution in [0, 0.1) is 6.92 Å². The SMILES string of the molecule is Cc1cc(-n2c3ccccc3c3ccc(Oc4cc(-c5ccccc5)cc(N5CN(C)c6ccccc65)c4)cc32)ncc1-c1c(-n2c3ccccc3c3ccccc32)cccc1-n1c2ccccc2c2ccccc21. The van der Waals surface area contributed by atoms with Gasteiger partial charge >= 0.3 is 0 Å². The van der Waals surface area contributed by atoms with Crippen LogP contribution < -0.4 is 14.5 Å². The van der Waals surface area contributed by atoms with Gasteiger partial charge in [0.25, 0.3) is 0 Å². The molecule has 0 saturated heterocycles. The summed E-state index contributed by atoms with van der Waals surface area (Å²) in [7, 11) is 2.14. The third kappa shape index (κ3) is 6.71. The van der Waals surface area contributed by atoms with E-state index in [0.717, 1.165) is 113 Å². The first kappa shape index (κ1) is 42.8. The van der Waals surface area contributed by atoms with Crippen LogP contribution in [0.2, 0.25) is 0 Å². The molecule has 1 aliphatic rings. The van der Waals surface area contributed by atoms with Gasteiger partial charge in [-0.15, -0.1) is 0 Å². The van der Waals surface area contributed by atoms with E-state index in [-0.39, 0.29) is 0 Å². The summed E-state index contributed by atoms with van der Waals surface area (Å²) in [5.41, 5.74) is 17.8. The van der Waals surface area contributed by atoms with Crippen LogP contribution in [0.15, 0.2) is 243 Å². The average molecular weight is 965 g/mol. The molecule has 7 heteroatoms. The minimum absolute atomic E-state index is 0.738. The minimum atomic E-state index is 0.738. The normalized spacial score (nSPS) is 12.6. The van der Waals surface area contributed by atoms with Crippen molar-refractivity contribution in [3.8, 4) is 50.9 Å². The van der Waals surface area contributed by atoms with E-state index in [1.165, 1.54) is 32.9 Å². The molecule has 0 bridgehead atoms. The molecule has 5 heterocycles. The highest BCUT2D eigenvalue weighted by molar-refractivity contribution is 6.13. The number of rotatable bonds is 8. The maximum Gasteiger partial charge on any atom is 0.137 e. The summed E-state index contributed by atoms with van der Waals surface area (Å²) in [6.07, 6.45) is 2.10. The molecular weight excluding hydrogens is 917 g/mol. The molecule has 14 aromatic rings. The second-order valence-electron chi connectivity index (χ2n) is 19.7. The highest BCUT2D eigenvalue weighted by atomic mass is 16.5. The lowest BCUT2D eigenvalue weighted by Gasteiger charge is -2.22. The van der Waals surface area contributed by atoms with Crippen molar-refractivity contribution in [2.24, 2.45) is 0 Å². The molecule has 75 heavy (non-hydrogen) atoms. The molecule has 0 radical (unpaired) electrons. The van der Waals surface area contributed by atoms with Crippen LogP contribution in [-0.4, -0.2) is 32.4 Å². The van der Waals surface area contributed by atoms with E-state index in [1.54, 1.807) is 0 Å². The Morgan fingerprint density at radius 2 is 0.880 bits per heavy atom. The molecule has 0 unspecified atom stereocenters. The largest absolute Gasteiger partial charge is 0.457 e. The number of aryl methyl sites for hydroxylation is 1. The number of hydrogen-bond acceptors (Lipinski definition) is 4. The molecule has 10 aromatic carbocycles. The summed E-state index contributed by atoms with van der Waals surface area (Å²) >= 11 is 0. The van der Waals surface area contributed by atoms with Crippen molar-refractivity contribution in [1.29, 1.82) is 0 Å². The Morgan fingerprint density at radius 1 is 0.387 bits per heavy atom. The number of pyridine rings is 1. The molecule has 0 spiro atoms. The zero-order chi connectivity index (χ0) is 49.7. The Balaban J connectivity index is 0.905. The molecule has 15 rings (SSSR count). The Hall–Kier alpha value is -9.85. The van der Waals surface area contributed by atoms with E-state index in [0.29, 0.717) is 0 Å². The summed E-state index contributed by atoms with van der Waals surface area (Å²) in [6.45, 7) is 2.97. The monoisotopic (exact) mass is 964 g/mol. The lowest BCUT2D eigenvalue weighted by Crippen LogP contribution is -2.24. The van der Waals surface area contributed by atoms with Gasteiger partial charge in [0.2, 0.25) is 0 Å². The summed E-state index contributed by atoms with van der Waals surface area (Å²) in [6, 6.07) is 84.8. The van der Waals surface area contributed by atoms with E-state index in [9.17, 15) is 0 Å². The van der Waals surface area contributed by atoms with Gasteiger partial charge in [-0.1, -0.05) is 140 Å². The topological polar surface area (TPSA) is 43.4 Å². The number of nitrogens with zero attached hydrogens (tertiary/aromatic N) is 6. The van der Waals surface area contributed by atoms with E-state index in [1.807, 2.05) is 0 Å². The smallest absolute Gasteiger partial charge is 0.137 e. The number of anilines is 3. The summed E-state index contributed by atoms with van der Waals surface area (Å²) < 4.78 is 14.2. The van der Waals surface area contributed by atoms with Crippen LogP contribution in [0.25, 0.3) is 105 Å². The molecule has 0 fully saturated rings. The van der Waals surface area contributed by atoms with Crippen LogP contribution in [0.1, 0.15) is 5.56 Å². The van der Waals surface area contributed by atoms with E-state index < -0.39 is 0 Å². The molecule has 0 saturated carbocycles. The molecule has 0 aliphatic carbocycles. The Labute approximate surface area is 433 Å². The number of hydrogen-bond donors (Lipinski definition) is 0. The molecule has 0 amide bonds. The fourth-order valence-electron chi connectivity index (χ4n) is 12.1. The average Bonchev–Trinajstić information content (AvgIpc) is 4.20. The molecule has 1 aliphatic heterocycles. The lowest BCUT2D eigenvalue weighted by atomic mass is 9.98. The van der Waals surface area contributed by atoms with Crippen molar-refractivity contribution < 1.29 is 4.74 Å². The van der Waals surface area contributed by atoms with Gasteiger partial charge in [-0.2, -0.15) is 0 Å². The minimum Gasteiger partial charge on any atom is -0.457 e. The Kier molecular flexibility index (Phi) is 9.63. The van der Waals surface area contributed by atoms with Crippen molar-refractivity contribution in [2.45, 2.75) is 6.92 Å². The predicted molar refractivity (Wildman–Crippen MR) is 311 cm³/mol. The number of para-hydroxylation sites is 7. The first-order chi connectivity index (χ1) is 37.0. The van der Waals surface area contributed by atoms with Gasteiger partial charge in [0, 0.05) is 74.5 Å². The van der Waals surface area contributed by atoms with Crippen LogP contribution in [-0.2, 0) is 0 Å². The molecular formula is C68H48N6O. The van der Waals surface area contributed by atoms with Gasteiger partial charge in [-0.05, 0) is 109 Å². The van der Waals surface area contributed by atoms with E-state index in [4.69, 9.17) is 9.72 Å². The Morgan fingerprint density at radius 3 is 1.45 bits per heavy atom. The van der Waals surface area contributed by atoms with Crippen molar-refractivity contribution in [1.82, 2.24) is 18.7 Å². The number of fused-ring (bicyclic) bond motifs is 10. The van der Waals surface area contributed by atoms with Crippen LogP contribution >= 0.6 is 0 Å². The third-order valence-corrected chi connectivity index (χ3v) is 15.4. The van der Waals surface area contributed by atoms with Gasteiger partial charge in [0.1, 0.15) is 17.3 Å². The van der Waals surface area contributed by atoms with Crippen molar-refractivity contribution in [3.63, 3.8) is 0 Å². The number of aromatic nitrogens is 4. The van der Waals surface area contributed by atoms with E-state index in [2.05, 4.69) is 280 Å². The van der Waals surface area contributed by atoms with Gasteiger partial charge in [-0.3, -0.25) is 4.57 Å². The Bertz CT molecular complexity index is 4360. The first-order valence-electron chi connectivity index (χ1n) is 25.6. The van der Waals surface area contributed by atoms with Crippen LogP contribution in [0.3, 0.4) is 0 Å². The highest BCUT2D eigenvalue weighted by Gasteiger charge is 2.27.